The van der Waals surface area contributed by atoms with Crippen LogP contribution < -0.4 is 0 Å². The molecule has 0 N–H and O–H groups in total. The molecule has 3 aromatic carbocycles. The highest BCUT2D eigenvalue weighted by molar-refractivity contribution is 6.31. The zero-order valence-corrected chi connectivity index (χ0v) is 14.7. The van der Waals surface area contributed by atoms with E-state index in [1.54, 1.807) is 0 Å². The van der Waals surface area contributed by atoms with E-state index in [9.17, 15) is 4.39 Å². The van der Waals surface area contributed by atoms with Crippen molar-refractivity contribution in [2.45, 2.75) is 26.7 Å². The smallest absolute Gasteiger partial charge is 0.149 e. The van der Waals surface area contributed by atoms with Gasteiger partial charge in [0, 0.05) is 5.56 Å². The van der Waals surface area contributed by atoms with Gasteiger partial charge in [0.25, 0.3) is 0 Å². The van der Waals surface area contributed by atoms with Crippen LogP contribution in [0.4, 0.5) is 4.39 Å². The summed E-state index contributed by atoms with van der Waals surface area (Å²) in [5.41, 5.74) is 5.83. The van der Waals surface area contributed by atoms with Gasteiger partial charge in [-0.1, -0.05) is 86.1 Å². The molecule has 0 unspecified atom stereocenters. The molecule has 0 saturated carbocycles. The maximum absolute atomic E-state index is 14.5. The molecule has 0 nitrogen and oxygen atoms in total. The molecule has 0 fully saturated rings. The van der Waals surface area contributed by atoms with Crippen molar-refractivity contribution in [1.82, 2.24) is 0 Å². The highest BCUT2D eigenvalue weighted by Crippen LogP contribution is 2.32. The first-order chi connectivity index (χ1) is 11.6. The fourth-order valence-electron chi connectivity index (χ4n) is 2.86. The quantitative estimate of drug-likeness (QED) is 0.483. The molecule has 0 bridgehead atoms. The molecule has 0 aromatic heterocycles. The summed E-state index contributed by atoms with van der Waals surface area (Å²) in [7, 11) is 0. The maximum atomic E-state index is 14.5. The summed E-state index contributed by atoms with van der Waals surface area (Å²) in [6.45, 7) is 4.12. The Bertz CT molecular complexity index is 833. The van der Waals surface area contributed by atoms with Gasteiger partial charge in [-0.05, 0) is 40.7 Å². The minimum Gasteiger partial charge on any atom is -0.205 e. The second-order valence-corrected chi connectivity index (χ2v) is 6.26. The summed E-state index contributed by atoms with van der Waals surface area (Å²) < 4.78 is 14.5. The Kier molecular flexibility index (Phi) is 5.01. The van der Waals surface area contributed by atoms with Crippen molar-refractivity contribution in [2.75, 3.05) is 0 Å². The van der Waals surface area contributed by atoms with E-state index in [-0.39, 0.29) is 10.8 Å². The number of aryl methyl sites for hydroxylation is 2. The van der Waals surface area contributed by atoms with Gasteiger partial charge in [0.05, 0.1) is 5.02 Å². The number of hydrogen-bond donors (Lipinski definition) is 0. The highest BCUT2D eigenvalue weighted by atomic mass is 35.5. The zero-order chi connectivity index (χ0) is 17.1. The zero-order valence-electron chi connectivity index (χ0n) is 13.9. The summed E-state index contributed by atoms with van der Waals surface area (Å²) in [4.78, 5) is 0. The van der Waals surface area contributed by atoms with Crippen molar-refractivity contribution < 1.29 is 4.39 Å². The molecule has 0 heterocycles. The average Bonchev–Trinajstić information content (AvgIpc) is 2.64. The van der Waals surface area contributed by atoms with Crippen molar-refractivity contribution in [1.29, 1.82) is 0 Å². The van der Waals surface area contributed by atoms with Gasteiger partial charge < -0.3 is 0 Å². The Hall–Kier alpha value is -2.12. The third kappa shape index (κ3) is 3.22. The van der Waals surface area contributed by atoms with Gasteiger partial charge in [0.2, 0.25) is 0 Å². The lowest BCUT2D eigenvalue weighted by molar-refractivity contribution is 0.629. The minimum atomic E-state index is -0.337. The first kappa shape index (κ1) is 16.7. The van der Waals surface area contributed by atoms with E-state index in [1.165, 1.54) is 11.1 Å². The van der Waals surface area contributed by atoms with E-state index in [4.69, 9.17) is 11.6 Å². The summed E-state index contributed by atoms with van der Waals surface area (Å²) in [6, 6.07) is 20.2. The molecule has 0 radical (unpaired) electrons. The second kappa shape index (κ2) is 7.19. The molecule has 3 rings (SSSR count). The SMILES string of the molecule is CCc1ccc(-c2ccc(-c3ccc(CC)c(Cl)c3F)cc2)cc1. The molecule has 0 saturated heterocycles. The van der Waals surface area contributed by atoms with Gasteiger partial charge in [-0.25, -0.2) is 4.39 Å². The molecule has 24 heavy (non-hydrogen) atoms. The Morgan fingerprint density at radius 3 is 1.79 bits per heavy atom. The molecule has 0 aliphatic heterocycles. The summed E-state index contributed by atoms with van der Waals surface area (Å²) in [6.07, 6.45) is 1.76. The largest absolute Gasteiger partial charge is 0.205 e. The van der Waals surface area contributed by atoms with Gasteiger partial charge in [-0.3, -0.25) is 0 Å². The first-order valence-electron chi connectivity index (χ1n) is 8.30. The number of rotatable bonds is 4. The van der Waals surface area contributed by atoms with Crippen molar-refractivity contribution in [3.05, 3.63) is 82.6 Å². The third-order valence-electron chi connectivity index (χ3n) is 4.43. The van der Waals surface area contributed by atoms with Crippen LogP contribution >= 0.6 is 11.6 Å². The predicted octanol–water partition coefficient (Wildman–Crippen LogP) is 6.94. The molecule has 0 amide bonds. The van der Waals surface area contributed by atoms with Crippen LogP contribution in [-0.2, 0) is 12.8 Å². The molecule has 0 atom stereocenters. The Morgan fingerprint density at radius 1 is 0.708 bits per heavy atom. The van der Waals surface area contributed by atoms with Crippen LogP contribution in [0.1, 0.15) is 25.0 Å². The lowest BCUT2D eigenvalue weighted by Crippen LogP contribution is -1.91. The summed E-state index contributed by atoms with van der Waals surface area (Å²) in [5.74, 6) is -0.337. The van der Waals surface area contributed by atoms with E-state index >= 15 is 0 Å². The minimum absolute atomic E-state index is 0.231. The highest BCUT2D eigenvalue weighted by Gasteiger charge is 2.12. The van der Waals surface area contributed by atoms with E-state index in [0.717, 1.165) is 29.5 Å². The fourth-order valence-corrected chi connectivity index (χ4v) is 3.16. The van der Waals surface area contributed by atoms with Crippen LogP contribution in [0.2, 0.25) is 5.02 Å². The normalized spacial score (nSPS) is 10.8. The van der Waals surface area contributed by atoms with Crippen LogP contribution in [0.25, 0.3) is 22.3 Å². The molecule has 0 aliphatic carbocycles. The molecular weight excluding hydrogens is 319 g/mol. The van der Waals surface area contributed by atoms with E-state index in [0.29, 0.717) is 5.56 Å². The lowest BCUT2D eigenvalue weighted by atomic mass is 9.98. The van der Waals surface area contributed by atoms with Gasteiger partial charge >= 0.3 is 0 Å². The standard InChI is InChI=1S/C22H20ClF/c1-3-15-5-7-17(8-6-15)18-9-11-19(12-10-18)20-14-13-16(4-2)21(23)22(20)24/h5-14H,3-4H2,1-2H3. The van der Waals surface area contributed by atoms with Gasteiger partial charge in [0.15, 0.2) is 0 Å². The Labute approximate surface area is 147 Å². The van der Waals surface area contributed by atoms with Crippen LogP contribution in [0.3, 0.4) is 0 Å². The van der Waals surface area contributed by atoms with Crippen molar-refractivity contribution >= 4 is 11.6 Å². The van der Waals surface area contributed by atoms with Crippen LogP contribution in [0, 0.1) is 5.82 Å². The molecule has 0 spiro atoms. The van der Waals surface area contributed by atoms with Crippen molar-refractivity contribution in [3.8, 4) is 22.3 Å². The fraction of sp³-hybridized carbons (Fsp3) is 0.182. The predicted molar refractivity (Wildman–Crippen MR) is 101 cm³/mol. The van der Waals surface area contributed by atoms with Gasteiger partial charge in [-0.2, -0.15) is 0 Å². The monoisotopic (exact) mass is 338 g/mol. The Morgan fingerprint density at radius 2 is 1.25 bits per heavy atom. The maximum Gasteiger partial charge on any atom is 0.149 e. The third-order valence-corrected chi connectivity index (χ3v) is 4.84. The average molecular weight is 339 g/mol. The molecule has 122 valence electrons. The topological polar surface area (TPSA) is 0 Å². The molecule has 3 aromatic rings. The molecular formula is C22H20ClF. The van der Waals surface area contributed by atoms with Crippen LogP contribution in [-0.4, -0.2) is 0 Å². The molecule has 2 heteroatoms. The lowest BCUT2D eigenvalue weighted by Gasteiger charge is -2.10. The molecule has 0 aliphatic rings. The van der Waals surface area contributed by atoms with E-state index < -0.39 is 0 Å². The number of hydrogen-bond acceptors (Lipinski definition) is 0. The summed E-state index contributed by atoms with van der Waals surface area (Å²) in [5, 5.41) is 0.231. The van der Waals surface area contributed by atoms with Gasteiger partial charge in [0.1, 0.15) is 5.82 Å². The van der Waals surface area contributed by atoms with Crippen LogP contribution in [0.5, 0.6) is 0 Å². The number of benzene rings is 3. The number of halogens is 2. The van der Waals surface area contributed by atoms with Crippen LogP contribution in [0.15, 0.2) is 60.7 Å². The van der Waals surface area contributed by atoms with Gasteiger partial charge in [-0.15, -0.1) is 0 Å². The first-order valence-corrected chi connectivity index (χ1v) is 8.68. The second-order valence-electron chi connectivity index (χ2n) is 5.88. The van der Waals surface area contributed by atoms with E-state index in [2.05, 4.69) is 31.2 Å². The van der Waals surface area contributed by atoms with Crippen molar-refractivity contribution in [3.63, 3.8) is 0 Å². The van der Waals surface area contributed by atoms with Crippen molar-refractivity contribution in [2.24, 2.45) is 0 Å². The Balaban J connectivity index is 1.93. The summed E-state index contributed by atoms with van der Waals surface area (Å²) >= 11 is 6.13. The van der Waals surface area contributed by atoms with E-state index in [1.807, 2.05) is 43.3 Å².